The van der Waals surface area contributed by atoms with E-state index in [9.17, 15) is 0 Å². The third-order valence-corrected chi connectivity index (χ3v) is 3.61. The molecular formula is C16H27N3. The summed E-state index contributed by atoms with van der Waals surface area (Å²) in [5.74, 6) is 2.75. The summed E-state index contributed by atoms with van der Waals surface area (Å²) in [6, 6.07) is 0. The number of nitrogens with one attached hydrogen (secondary N) is 1. The third-order valence-electron chi connectivity index (χ3n) is 3.61. The molecule has 0 amide bonds. The minimum absolute atomic E-state index is 0.614. The lowest BCUT2D eigenvalue weighted by molar-refractivity contribution is 0.616. The van der Waals surface area contributed by atoms with Crippen molar-refractivity contribution < 1.29 is 0 Å². The summed E-state index contributed by atoms with van der Waals surface area (Å²) < 4.78 is 0. The van der Waals surface area contributed by atoms with Crippen LogP contribution in [0, 0.1) is 5.92 Å². The highest BCUT2D eigenvalue weighted by Crippen LogP contribution is 2.25. The van der Waals surface area contributed by atoms with Crippen LogP contribution in [0.2, 0.25) is 0 Å². The Bertz CT molecular complexity index is 413. The molecule has 0 spiro atoms. The number of anilines is 1. The first-order valence-electron chi connectivity index (χ1n) is 7.83. The predicted octanol–water partition coefficient (Wildman–Crippen LogP) is 3.77. The highest BCUT2D eigenvalue weighted by atomic mass is 15.0. The van der Waals surface area contributed by atoms with Crippen molar-refractivity contribution in [2.45, 2.75) is 65.7 Å². The van der Waals surface area contributed by atoms with E-state index in [-0.39, 0.29) is 0 Å². The van der Waals surface area contributed by atoms with Crippen LogP contribution in [-0.2, 0) is 19.3 Å². The fraction of sp³-hybridized carbons (Fsp3) is 0.750. The van der Waals surface area contributed by atoms with Gasteiger partial charge in [-0.25, -0.2) is 9.97 Å². The summed E-state index contributed by atoms with van der Waals surface area (Å²) in [7, 11) is 0. The molecule has 1 aliphatic carbocycles. The van der Waals surface area contributed by atoms with Crippen molar-refractivity contribution >= 4 is 5.82 Å². The third kappa shape index (κ3) is 3.92. The topological polar surface area (TPSA) is 37.8 Å². The van der Waals surface area contributed by atoms with Gasteiger partial charge >= 0.3 is 0 Å². The SMILES string of the molecule is CCCNc1nc(CC(C)C)nc2c1CCCCC2. The Balaban J connectivity index is 2.31. The molecule has 0 atom stereocenters. The Morgan fingerprint density at radius 3 is 2.63 bits per heavy atom. The second kappa shape index (κ2) is 6.88. The van der Waals surface area contributed by atoms with Crippen molar-refractivity contribution in [1.82, 2.24) is 9.97 Å². The highest BCUT2D eigenvalue weighted by molar-refractivity contribution is 5.47. The van der Waals surface area contributed by atoms with E-state index in [2.05, 4.69) is 26.1 Å². The van der Waals surface area contributed by atoms with Crippen LogP contribution in [0.3, 0.4) is 0 Å². The molecule has 0 aromatic carbocycles. The lowest BCUT2D eigenvalue weighted by atomic mass is 10.1. The molecule has 3 nitrogen and oxygen atoms in total. The summed E-state index contributed by atoms with van der Waals surface area (Å²) in [5, 5.41) is 3.51. The van der Waals surface area contributed by atoms with Crippen molar-refractivity contribution in [3.63, 3.8) is 0 Å². The molecule has 1 aromatic heterocycles. The van der Waals surface area contributed by atoms with Gasteiger partial charge in [0.1, 0.15) is 11.6 Å². The first-order chi connectivity index (χ1) is 9.20. The quantitative estimate of drug-likeness (QED) is 0.820. The Morgan fingerprint density at radius 1 is 1.11 bits per heavy atom. The van der Waals surface area contributed by atoms with Crippen LogP contribution in [0.5, 0.6) is 0 Å². The molecule has 1 aliphatic rings. The summed E-state index contributed by atoms with van der Waals surface area (Å²) in [6.07, 6.45) is 8.27. The number of aromatic nitrogens is 2. The zero-order valence-corrected chi connectivity index (χ0v) is 12.6. The van der Waals surface area contributed by atoms with Crippen LogP contribution in [0.4, 0.5) is 5.82 Å². The first kappa shape index (κ1) is 14.3. The molecule has 2 rings (SSSR count). The van der Waals surface area contributed by atoms with E-state index in [0.717, 1.165) is 43.9 Å². The molecular weight excluding hydrogens is 234 g/mol. The monoisotopic (exact) mass is 261 g/mol. The van der Waals surface area contributed by atoms with Gasteiger partial charge in [-0.15, -0.1) is 0 Å². The van der Waals surface area contributed by atoms with Gasteiger partial charge in [0.25, 0.3) is 0 Å². The van der Waals surface area contributed by atoms with Gasteiger partial charge in [0, 0.05) is 24.2 Å². The number of nitrogens with zero attached hydrogens (tertiary/aromatic N) is 2. The Hall–Kier alpha value is -1.12. The van der Waals surface area contributed by atoms with E-state index in [1.54, 1.807) is 0 Å². The van der Waals surface area contributed by atoms with Crippen LogP contribution in [0.15, 0.2) is 0 Å². The van der Waals surface area contributed by atoms with Gasteiger partial charge in [0.15, 0.2) is 0 Å². The second-order valence-electron chi connectivity index (χ2n) is 6.00. The molecule has 106 valence electrons. The molecule has 1 heterocycles. The molecule has 0 aliphatic heterocycles. The zero-order chi connectivity index (χ0) is 13.7. The maximum atomic E-state index is 4.83. The molecule has 0 bridgehead atoms. The highest BCUT2D eigenvalue weighted by Gasteiger charge is 2.16. The molecule has 1 aromatic rings. The summed E-state index contributed by atoms with van der Waals surface area (Å²) in [4.78, 5) is 9.61. The second-order valence-corrected chi connectivity index (χ2v) is 6.00. The van der Waals surface area contributed by atoms with Crippen LogP contribution in [0.1, 0.15) is 63.5 Å². The number of fused-ring (bicyclic) bond motifs is 1. The molecule has 0 saturated heterocycles. The van der Waals surface area contributed by atoms with Gasteiger partial charge in [-0.3, -0.25) is 0 Å². The maximum absolute atomic E-state index is 4.83. The molecule has 19 heavy (non-hydrogen) atoms. The van der Waals surface area contributed by atoms with Gasteiger partial charge in [-0.2, -0.15) is 0 Å². The van der Waals surface area contributed by atoms with E-state index >= 15 is 0 Å². The average molecular weight is 261 g/mol. The Labute approximate surface area is 117 Å². The first-order valence-corrected chi connectivity index (χ1v) is 7.83. The van der Waals surface area contributed by atoms with Crippen LogP contribution in [0.25, 0.3) is 0 Å². The summed E-state index contributed by atoms with van der Waals surface area (Å²) >= 11 is 0. The van der Waals surface area contributed by atoms with Gasteiger partial charge in [-0.1, -0.05) is 27.2 Å². The van der Waals surface area contributed by atoms with E-state index < -0.39 is 0 Å². The maximum Gasteiger partial charge on any atom is 0.133 e. The lowest BCUT2D eigenvalue weighted by Crippen LogP contribution is -2.13. The van der Waals surface area contributed by atoms with Crippen LogP contribution < -0.4 is 5.32 Å². The van der Waals surface area contributed by atoms with Crippen molar-refractivity contribution in [1.29, 1.82) is 0 Å². The number of hydrogen-bond acceptors (Lipinski definition) is 3. The van der Waals surface area contributed by atoms with E-state index in [4.69, 9.17) is 9.97 Å². The number of hydrogen-bond donors (Lipinski definition) is 1. The lowest BCUT2D eigenvalue weighted by Gasteiger charge is -2.15. The summed E-state index contributed by atoms with van der Waals surface area (Å²) in [5.41, 5.74) is 2.69. The fourth-order valence-electron chi connectivity index (χ4n) is 2.67. The molecule has 0 unspecified atom stereocenters. The number of rotatable bonds is 5. The van der Waals surface area contributed by atoms with Crippen molar-refractivity contribution in [2.75, 3.05) is 11.9 Å². The van der Waals surface area contributed by atoms with Gasteiger partial charge in [-0.05, 0) is 38.0 Å². The van der Waals surface area contributed by atoms with E-state index in [0.29, 0.717) is 5.92 Å². The largest absolute Gasteiger partial charge is 0.370 e. The average Bonchev–Trinajstić information content (AvgIpc) is 2.60. The smallest absolute Gasteiger partial charge is 0.133 e. The number of aryl methyl sites for hydroxylation is 1. The van der Waals surface area contributed by atoms with Crippen LogP contribution >= 0.6 is 0 Å². The minimum Gasteiger partial charge on any atom is -0.370 e. The van der Waals surface area contributed by atoms with Crippen molar-refractivity contribution in [2.24, 2.45) is 5.92 Å². The molecule has 0 fully saturated rings. The Morgan fingerprint density at radius 2 is 1.89 bits per heavy atom. The normalized spacial score (nSPS) is 15.2. The van der Waals surface area contributed by atoms with Gasteiger partial charge in [0.05, 0.1) is 0 Å². The van der Waals surface area contributed by atoms with Crippen LogP contribution in [-0.4, -0.2) is 16.5 Å². The molecule has 1 N–H and O–H groups in total. The zero-order valence-electron chi connectivity index (χ0n) is 12.6. The molecule has 0 radical (unpaired) electrons. The standard InChI is InChI=1S/C16H27N3/c1-4-10-17-16-13-8-6-5-7-9-14(13)18-15(19-16)11-12(2)3/h12H,4-11H2,1-3H3,(H,17,18,19). The van der Waals surface area contributed by atoms with Gasteiger partial charge < -0.3 is 5.32 Å². The molecule has 3 heteroatoms. The van der Waals surface area contributed by atoms with Crippen molar-refractivity contribution in [3.8, 4) is 0 Å². The van der Waals surface area contributed by atoms with E-state index in [1.807, 2.05) is 0 Å². The predicted molar refractivity (Wildman–Crippen MR) is 80.6 cm³/mol. The van der Waals surface area contributed by atoms with E-state index in [1.165, 1.54) is 30.5 Å². The summed E-state index contributed by atoms with van der Waals surface area (Å²) in [6.45, 7) is 7.66. The van der Waals surface area contributed by atoms with Crippen molar-refractivity contribution in [3.05, 3.63) is 17.1 Å². The fourth-order valence-corrected chi connectivity index (χ4v) is 2.67. The molecule has 0 saturated carbocycles. The minimum atomic E-state index is 0.614. The Kier molecular flexibility index (Phi) is 5.17. The van der Waals surface area contributed by atoms with Gasteiger partial charge in [0.2, 0.25) is 0 Å².